The van der Waals surface area contributed by atoms with Crippen LogP contribution in [0.15, 0.2) is 6.20 Å². The second-order valence-electron chi connectivity index (χ2n) is 2.92. The van der Waals surface area contributed by atoms with Crippen molar-refractivity contribution in [1.82, 2.24) is 19.9 Å². The van der Waals surface area contributed by atoms with E-state index in [1.807, 2.05) is 0 Å². The van der Waals surface area contributed by atoms with Gasteiger partial charge in [0.2, 0.25) is 0 Å². The Morgan fingerprint density at radius 1 is 1.58 bits per heavy atom. The summed E-state index contributed by atoms with van der Waals surface area (Å²) in [5, 5.41) is 7.44. The number of hydrogen-bond acceptors (Lipinski definition) is 3. The first-order chi connectivity index (χ1) is 5.77. The van der Waals surface area contributed by atoms with Crippen molar-refractivity contribution >= 4 is 5.91 Å². The van der Waals surface area contributed by atoms with Gasteiger partial charge in [0.15, 0.2) is 5.69 Å². The van der Waals surface area contributed by atoms with Crippen molar-refractivity contribution in [3.05, 3.63) is 11.9 Å². The average Bonchev–Trinajstić information content (AvgIpc) is 2.31. The molecule has 64 valence electrons. The number of likely N-dealkylation sites (tertiary alicyclic amines) is 1. The van der Waals surface area contributed by atoms with Gasteiger partial charge in [-0.2, -0.15) is 0 Å². The topological polar surface area (TPSA) is 51.0 Å². The van der Waals surface area contributed by atoms with E-state index in [2.05, 4.69) is 10.3 Å². The van der Waals surface area contributed by atoms with Gasteiger partial charge in [-0.15, -0.1) is 5.10 Å². The fourth-order valence-electron chi connectivity index (χ4n) is 1.13. The number of rotatable bonds is 1. The molecule has 12 heavy (non-hydrogen) atoms. The lowest BCUT2D eigenvalue weighted by Gasteiger charge is -2.29. The molecule has 1 aliphatic rings. The van der Waals surface area contributed by atoms with Crippen molar-refractivity contribution in [2.75, 3.05) is 13.1 Å². The Balaban J connectivity index is 2.13. The van der Waals surface area contributed by atoms with Gasteiger partial charge in [0.05, 0.1) is 6.20 Å². The molecule has 5 heteroatoms. The van der Waals surface area contributed by atoms with Crippen LogP contribution in [0.1, 0.15) is 16.9 Å². The van der Waals surface area contributed by atoms with Crippen molar-refractivity contribution in [3.63, 3.8) is 0 Å². The van der Waals surface area contributed by atoms with Crippen molar-refractivity contribution < 1.29 is 4.79 Å². The van der Waals surface area contributed by atoms with Crippen LogP contribution in [0.2, 0.25) is 0 Å². The molecular formula is C7H10N4O. The van der Waals surface area contributed by atoms with Gasteiger partial charge in [-0.1, -0.05) is 5.21 Å². The summed E-state index contributed by atoms with van der Waals surface area (Å²) in [5.74, 6) is -0.00523. The minimum Gasteiger partial charge on any atom is -0.337 e. The Morgan fingerprint density at radius 2 is 2.33 bits per heavy atom. The van der Waals surface area contributed by atoms with Gasteiger partial charge in [-0.3, -0.25) is 9.48 Å². The molecule has 0 atom stereocenters. The van der Waals surface area contributed by atoms with Crippen LogP contribution in [0.3, 0.4) is 0 Å². The second kappa shape index (κ2) is 2.58. The molecule has 0 saturated carbocycles. The largest absolute Gasteiger partial charge is 0.337 e. The van der Waals surface area contributed by atoms with Crippen LogP contribution in [0, 0.1) is 0 Å². The smallest absolute Gasteiger partial charge is 0.276 e. The number of carbonyl (C=O) groups excluding carboxylic acids is 1. The Labute approximate surface area is 70.0 Å². The third-order valence-corrected chi connectivity index (χ3v) is 1.97. The molecule has 0 aromatic carbocycles. The van der Waals surface area contributed by atoms with Crippen molar-refractivity contribution in [2.24, 2.45) is 7.05 Å². The van der Waals surface area contributed by atoms with E-state index >= 15 is 0 Å². The highest BCUT2D eigenvalue weighted by Gasteiger charge is 2.23. The van der Waals surface area contributed by atoms with Gasteiger partial charge in [0.1, 0.15) is 0 Å². The van der Waals surface area contributed by atoms with Crippen molar-refractivity contribution in [1.29, 1.82) is 0 Å². The zero-order valence-electron chi connectivity index (χ0n) is 6.90. The third-order valence-electron chi connectivity index (χ3n) is 1.97. The first kappa shape index (κ1) is 7.27. The zero-order chi connectivity index (χ0) is 8.55. The fraction of sp³-hybridized carbons (Fsp3) is 0.571. The molecule has 1 fully saturated rings. The SMILES string of the molecule is Cn1cc(C(=O)N2CCC2)nn1. The fourth-order valence-corrected chi connectivity index (χ4v) is 1.13. The molecule has 5 nitrogen and oxygen atoms in total. The van der Waals surface area contributed by atoms with E-state index in [0.717, 1.165) is 19.5 Å². The summed E-state index contributed by atoms with van der Waals surface area (Å²) < 4.78 is 1.53. The lowest BCUT2D eigenvalue weighted by Crippen LogP contribution is -2.42. The third kappa shape index (κ3) is 1.07. The lowest BCUT2D eigenvalue weighted by molar-refractivity contribution is 0.0645. The summed E-state index contributed by atoms with van der Waals surface area (Å²) in [4.78, 5) is 13.2. The number of aromatic nitrogens is 3. The molecule has 0 radical (unpaired) electrons. The number of aryl methyl sites for hydroxylation is 1. The molecule has 0 N–H and O–H groups in total. The standard InChI is InChI=1S/C7H10N4O/c1-10-5-6(8-9-10)7(12)11-3-2-4-11/h5H,2-4H2,1H3. The number of amides is 1. The van der Waals surface area contributed by atoms with E-state index in [4.69, 9.17) is 0 Å². The highest BCUT2D eigenvalue weighted by atomic mass is 16.2. The number of nitrogens with zero attached hydrogens (tertiary/aromatic N) is 4. The van der Waals surface area contributed by atoms with E-state index < -0.39 is 0 Å². The summed E-state index contributed by atoms with van der Waals surface area (Å²) in [5.41, 5.74) is 0.442. The first-order valence-corrected chi connectivity index (χ1v) is 3.93. The maximum atomic E-state index is 11.5. The van der Waals surface area contributed by atoms with Crippen LogP contribution in [-0.2, 0) is 7.05 Å². The Hall–Kier alpha value is -1.39. The molecule has 1 aromatic rings. The average molecular weight is 166 g/mol. The summed E-state index contributed by atoms with van der Waals surface area (Å²) in [7, 11) is 1.75. The Bertz CT molecular complexity index is 302. The van der Waals surface area contributed by atoms with Crippen LogP contribution in [0.25, 0.3) is 0 Å². The molecule has 2 rings (SSSR count). The van der Waals surface area contributed by atoms with E-state index in [1.165, 1.54) is 4.68 Å². The Morgan fingerprint density at radius 3 is 2.75 bits per heavy atom. The summed E-state index contributed by atoms with van der Waals surface area (Å²) in [6.45, 7) is 1.71. The van der Waals surface area contributed by atoms with Crippen LogP contribution in [-0.4, -0.2) is 38.9 Å². The second-order valence-corrected chi connectivity index (χ2v) is 2.92. The van der Waals surface area contributed by atoms with E-state index in [1.54, 1.807) is 18.1 Å². The van der Waals surface area contributed by atoms with Gasteiger partial charge in [-0.25, -0.2) is 0 Å². The maximum absolute atomic E-state index is 11.5. The monoisotopic (exact) mass is 166 g/mol. The quantitative estimate of drug-likeness (QED) is 0.573. The van der Waals surface area contributed by atoms with E-state index in [0.29, 0.717) is 5.69 Å². The Kier molecular flexibility index (Phi) is 1.56. The highest BCUT2D eigenvalue weighted by Crippen LogP contribution is 2.09. The van der Waals surface area contributed by atoms with E-state index in [9.17, 15) is 4.79 Å². The summed E-state index contributed by atoms with van der Waals surface area (Å²) in [6, 6.07) is 0. The lowest BCUT2D eigenvalue weighted by atomic mass is 10.2. The molecule has 0 bridgehead atoms. The summed E-state index contributed by atoms with van der Waals surface area (Å²) >= 11 is 0. The predicted molar refractivity (Wildman–Crippen MR) is 41.5 cm³/mol. The molecule has 1 amide bonds. The molecule has 0 spiro atoms. The molecular weight excluding hydrogens is 156 g/mol. The van der Waals surface area contributed by atoms with Crippen LogP contribution in [0.4, 0.5) is 0 Å². The summed E-state index contributed by atoms with van der Waals surface area (Å²) in [6.07, 6.45) is 2.74. The van der Waals surface area contributed by atoms with Gasteiger partial charge in [-0.05, 0) is 6.42 Å². The van der Waals surface area contributed by atoms with Gasteiger partial charge in [0.25, 0.3) is 5.91 Å². The highest BCUT2D eigenvalue weighted by molar-refractivity contribution is 5.92. The first-order valence-electron chi connectivity index (χ1n) is 3.93. The van der Waals surface area contributed by atoms with Gasteiger partial charge in [0, 0.05) is 20.1 Å². The van der Waals surface area contributed by atoms with Gasteiger partial charge >= 0.3 is 0 Å². The molecule has 1 aromatic heterocycles. The van der Waals surface area contributed by atoms with Crippen molar-refractivity contribution in [2.45, 2.75) is 6.42 Å². The van der Waals surface area contributed by atoms with E-state index in [-0.39, 0.29) is 5.91 Å². The normalized spacial score (nSPS) is 15.9. The zero-order valence-corrected chi connectivity index (χ0v) is 6.90. The minimum atomic E-state index is -0.00523. The van der Waals surface area contributed by atoms with Crippen molar-refractivity contribution in [3.8, 4) is 0 Å². The molecule has 0 unspecified atom stereocenters. The van der Waals surface area contributed by atoms with Crippen LogP contribution < -0.4 is 0 Å². The molecule has 1 aliphatic heterocycles. The number of carbonyl (C=O) groups is 1. The van der Waals surface area contributed by atoms with Gasteiger partial charge < -0.3 is 4.90 Å². The molecule has 1 saturated heterocycles. The maximum Gasteiger partial charge on any atom is 0.276 e. The number of hydrogen-bond donors (Lipinski definition) is 0. The van der Waals surface area contributed by atoms with Crippen LogP contribution in [0.5, 0.6) is 0 Å². The molecule has 2 heterocycles. The van der Waals surface area contributed by atoms with Crippen LogP contribution >= 0.6 is 0 Å². The predicted octanol–water partition coefficient (Wildman–Crippen LogP) is -0.339. The molecule has 0 aliphatic carbocycles. The minimum absolute atomic E-state index is 0.00523.